The Kier molecular flexibility index (Phi) is 5.39. The molecule has 1 heterocycles. The van der Waals surface area contributed by atoms with Gasteiger partial charge in [0.1, 0.15) is 4.34 Å². The van der Waals surface area contributed by atoms with Crippen molar-refractivity contribution in [3.05, 3.63) is 20.3 Å². The number of hydrogen-bond acceptors (Lipinski definition) is 3. The third-order valence-corrected chi connectivity index (χ3v) is 3.23. The molecule has 2 N–H and O–H groups in total. The van der Waals surface area contributed by atoms with Crippen LogP contribution in [0, 0.1) is 0 Å². The van der Waals surface area contributed by atoms with Gasteiger partial charge in [0.25, 0.3) is 5.91 Å². The van der Waals surface area contributed by atoms with Crippen molar-refractivity contribution in [3.8, 4) is 0 Å². The largest absolute Gasteiger partial charge is 0.351 e. The van der Waals surface area contributed by atoms with Crippen LogP contribution < -0.4 is 10.6 Å². The van der Waals surface area contributed by atoms with E-state index >= 15 is 0 Å². The maximum absolute atomic E-state index is 11.6. The first-order chi connectivity index (χ1) is 7.15. The molecule has 15 heavy (non-hydrogen) atoms. The highest BCUT2D eigenvalue weighted by Gasteiger charge is 2.13. The van der Waals surface area contributed by atoms with Gasteiger partial charge in [-0.1, -0.05) is 30.1 Å². The minimum absolute atomic E-state index is 0.180. The molecule has 0 saturated carbocycles. The first-order valence-electron chi connectivity index (χ1n) is 4.59. The fourth-order valence-corrected chi connectivity index (χ4v) is 2.49. The molecule has 3 nitrogen and oxygen atoms in total. The average molecular weight is 267 g/mol. The van der Waals surface area contributed by atoms with Crippen LogP contribution in [0.15, 0.2) is 6.07 Å². The second-order valence-electron chi connectivity index (χ2n) is 2.85. The average Bonchev–Trinajstić information content (AvgIpc) is 2.52. The molecule has 0 bridgehead atoms. The normalized spacial score (nSPS) is 10.3. The summed E-state index contributed by atoms with van der Waals surface area (Å²) in [5.41, 5.74) is 0.447. The first-order valence-corrected chi connectivity index (χ1v) is 6.16. The van der Waals surface area contributed by atoms with Crippen LogP contribution in [0.5, 0.6) is 0 Å². The number of amides is 1. The summed E-state index contributed by atoms with van der Waals surface area (Å²) in [7, 11) is 0. The summed E-state index contributed by atoms with van der Waals surface area (Å²) >= 11 is 12.8. The number of thiophene rings is 1. The van der Waals surface area contributed by atoms with Gasteiger partial charge in [0.2, 0.25) is 0 Å². The summed E-state index contributed by atoms with van der Waals surface area (Å²) in [6.45, 7) is 4.23. The molecule has 1 rings (SSSR count). The van der Waals surface area contributed by atoms with Crippen LogP contribution in [0.4, 0.5) is 0 Å². The number of carbonyl (C=O) groups excluding carboxylic acids is 1. The van der Waals surface area contributed by atoms with Gasteiger partial charge in [0.05, 0.1) is 9.90 Å². The molecule has 0 aliphatic carbocycles. The monoisotopic (exact) mass is 266 g/mol. The van der Waals surface area contributed by atoms with E-state index in [2.05, 4.69) is 10.6 Å². The Morgan fingerprint density at radius 1 is 1.47 bits per heavy atom. The van der Waals surface area contributed by atoms with Crippen LogP contribution in [0.2, 0.25) is 8.67 Å². The quantitative estimate of drug-likeness (QED) is 0.804. The molecule has 0 unspecified atom stereocenters. The number of hydrogen-bond donors (Lipinski definition) is 2. The van der Waals surface area contributed by atoms with Crippen molar-refractivity contribution >= 4 is 40.4 Å². The van der Waals surface area contributed by atoms with Crippen molar-refractivity contribution in [3.63, 3.8) is 0 Å². The lowest BCUT2D eigenvalue weighted by molar-refractivity contribution is 0.0954. The van der Waals surface area contributed by atoms with E-state index in [9.17, 15) is 4.79 Å². The van der Waals surface area contributed by atoms with E-state index < -0.39 is 0 Å². The van der Waals surface area contributed by atoms with Gasteiger partial charge in [0.15, 0.2) is 0 Å². The summed E-state index contributed by atoms with van der Waals surface area (Å²) in [5, 5.41) is 5.85. The number of likely N-dealkylation sites (N-methyl/N-ethyl adjacent to an activating group) is 1. The highest BCUT2D eigenvalue weighted by atomic mass is 35.5. The van der Waals surface area contributed by atoms with Crippen molar-refractivity contribution in [2.24, 2.45) is 0 Å². The van der Waals surface area contributed by atoms with Gasteiger partial charge >= 0.3 is 0 Å². The Hall–Kier alpha value is -0.290. The highest BCUT2D eigenvalue weighted by Crippen LogP contribution is 2.30. The van der Waals surface area contributed by atoms with Gasteiger partial charge in [-0.15, -0.1) is 11.3 Å². The molecule has 1 aromatic rings. The van der Waals surface area contributed by atoms with Crippen molar-refractivity contribution in [1.29, 1.82) is 0 Å². The maximum atomic E-state index is 11.6. The third kappa shape index (κ3) is 3.99. The van der Waals surface area contributed by atoms with Gasteiger partial charge < -0.3 is 10.6 Å². The van der Waals surface area contributed by atoms with Crippen LogP contribution in [0.25, 0.3) is 0 Å². The third-order valence-electron chi connectivity index (χ3n) is 1.74. The molecule has 84 valence electrons. The van der Waals surface area contributed by atoms with E-state index in [-0.39, 0.29) is 5.91 Å². The zero-order valence-corrected chi connectivity index (χ0v) is 10.6. The lowest BCUT2D eigenvalue weighted by Crippen LogP contribution is -2.31. The Labute approximate surface area is 103 Å². The molecule has 0 spiro atoms. The molecule has 0 atom stereocenters. The fourth-order valence-electron chi connectivity index (χ4n) is 1.03. The standard InChI is InChI=1S/C9H12Cl2N2OS/c1-2-12-3-4-13-9(14)6-5-7(10)15-8(6)11/h5,12H,2-4H2,1H3,(H,13,14). The van der Waals surface area contributed by atoms with Crippen LogP contribution in [-0.4, -0.2) is 25.5 Å². The minimum atomic E-state index is -0.180. The van der Waals surface area contributed by atoms with E-state index in [1.165, 1.54) is 11.3 Å². The predicted octanol–water partition coefficient (Wildman–Crippen LogP) is 2.39. The SMILES string of the molecule is CCNCCNC(=O)c1cc(Cl)sc1Cl. The van der Waals surface area contributed by atoms with Crippen LogP contribution in [0.1, 0.15) is 17.3 Å². The zero-order chi connectivity index (χ0) is 11.3. The topological polar surface area (TPSA) is 41.1 Å². The zero-order valence-electron chi connectivity index (χ0n) is 8.27. The predicted molar refractivity (Wildman–Crippen MR) is 65.2 cm³/mol. The molecule has 0 aliphatic rings. The Bertz CT molecular complexity index is 341. The fraction of sp³-hybridized carbons (Fsp3) is 0.444. The van der Waals surface area contributed by atoms with E-state index in [0.717, 1.165) is 13.1 Å². The van der Waals surface area contributed by atoms with Gasteiger partial charge in [-0.25, -0.2) is 0 Å². The summed E-state index contributed by atoms with van der Waals surface area (Å²) in [4.78, 5) is 11.6. The number of rotatable bonds is 5. The number of halogens is 2. The molecule has 0 saturated heterocycles. The Balaban J connectivity index is 2.43. The van der Waals surface area contributed by atoms with E-state index in [0.29, 0.717) is 20.8 Å². The smallest absolute Gasteiger partial charge is 0.253 e. The summed E-state index contributed by atoms with van der Waals surface area (Å²) in [5.74, 6) is -0.180. The van der Waals surface area contributed by atoms with Crippen molar-refractivity contribution < 1.29 is 4.79 Å². The second kappa shape index (κ2) is 6.33. The molecule has 1 amide bonds. The molecule has 0 fully saturated rings. The molecule has 1 aromatic heterocycles. The van der Waals surface area contributed by atoms with E-state index in [4.69, 9.17) is 23.2 Å². The van der Waals surface area contributed by atoms with Crippen molar-refractivity contribution in [2.75, 3.05) is 19.6 Å². The first kappa shape index (κ1) is 12.8. The Morgan fingerprint density at radius 2 is 2.20 bits per heavy atom. The summed E-state index contributed by atoms with van der Waals surface area (Å²) in [6, 6.07) is 1.58. The molecule has 0 radical (unpaired) electrons. The second-order valence-corrected chi connectivity index (χ2v) is 5.13. The van der Waals surface area contributed by atoms with Gasteiger partial charge in [-0.2, -0.15) is 0 Å². The maximum Gasteiger partial charge on any atom is 0.253 e. The van der Waals surface area contributed by atoms with Gasteiger partial charge in [-0.05, 0) is 12.6 Å². The minimum Gasteiger partial charge on any atom is -0.351 e. The molecular formula is C9H12Cl2N2OS. The summed E-state index contributed by atoms with van der Waals surface area (Å²) < 4.78 is 0.956. The van der Waals surface area contributed by atoms with Gasteiger partial charge in [-0.3, -0.25) is 4.79 Å². The van der Waals surface area contributed by atoms with Crippen molar-refractivity contribution in [1.82, 2.24) is 10.6 Å². The molecule has 6 heteroatoms. The Morgan fingerprint density at radius 3 is 2.73 bits per heavy atom. The van der Waals surface area contributed by atoms with Crippen LogP contribution >= 0.6 is 34.5 Å². The van der Waals surface area contributed by atoms with Crippen LogP contribution in [-0.2, 0) is 0 Å². The molecule has 0 aromatic carbocycles. The van der Waals surface area contributed by atoms with Crippen LogP contribution in [0.3, 0.4) is 0 Å². The van der Waals surface area contributed by atoms with E-state index in [1.807, 2.05) is 6.92 Å². The van der Waals surface area contributed by atoms with Crippen molar-refractivity contribution in [2.45, 2.75) is 6.92 Å². The number of carbonyl (C=O) groups is 1. The lowest BCUT2D eigenvalue weighted by Gasteiger charge is -2.04. The molecular weight excluding hydrogens is 255 g/mol. The number of nitrogens with one attached hydrogen (secondary N) is 2. The van der Waals surface area contributed by atoms with Gasteiger partial charge in [0, 0.05) is 13.1 Å². The van der Waals surface area contributed by atoms with E-state index in [1.54, 1.807) is 6.07 Å². The molecule has 0 aliphatic heterocycles. The lowest BCUT2D eigenvalue weighted by atomic mass is 10.3. The summed E-state index contributed by atoms with van der Waals surface area (Å²) in [6.07, 6.45) is 0. The highest BCUT2D eigenvalue weighted by molar-refractivity contribution is 7.20.